The summed E-state index contributed by atoms with van der Waals surface area (Å²) >= 11 is 0. The van der Waals surface area contributed by atoms with E-state index in [2.05, 4.69) is 79.5 Å². The first-order valence-electron chi connectivity index (χ1n) is 11.6. The van der Waals surface area contributed by atoms with E-state index in [1.54, 1.807) is 0 Å². The lowest BCUT2D eigenvalue weighted by Gasteiger charge is -2.24. The van der Waals surface area contributed by atoms with E-state index in [4.69, 9.17) is 5.79 Å². The third-order valence-electron chi connectivity index (χ3n) is 7.05. The maximum Gasteiger partial charge on any atom is 0.159 e. The second kappa shape index (κ2) is 7.19. The first kappa shape index (κ1) is 18.1. The van der Waals surface area contributed by atoms with Crippen LogP contribution in [0, 0.1) is 0 Å². The Morgan fingerprint density at radius 3 is 2.20 bits per heavy atom. The lowest BCUT2D eigenvalue weighted by Crippen LogP contribution is -2.16. The highest BCUT2D eigenvalue weighted by Gasteiger charge is 2.33. The topological polar surface area (TPSA) is 16.4 Å². The van der Waals surface area contributed by atoms with Crippen molar-refractivity contribution in [2.75, 3.05) is 11.9 Å². The second-order valence-electron chi connectivity index (χ2n) is 9.31. The number of rotatable bonds is 4. The van der Waals surface area contributed by atoms with Crippen molar-refractivity contribution in [2.45, 2.75) is 57.8 Å². The van der Waals surface area contributed by atoms with Crippen LogP contribution >= 0.6 is 0 Å². The number of hydrogen-bond acceptors (Lipinski definition) is 2. The number of nitrogens with zero attached hydrogens (tertiary/aromatic N) is 1. The lowest BCUT2D eigenvalue weighted by atomic mass is 9.80. The molecular formula is C28H31NO. The zero-order valence-corrected chi connectivity index (χ0v) is 18.5. The van der Waals surface area contributed by atoms with Gasteiger partial charge in [-0.05, 0) is 47.9 Å². The van der Waals surface area contributed by atoms with Gasteiger partial charge in [-0.2, -0.15) is 0 Å². The Bertz CT molecular complexity index is 1240. The fraction of sp³-hybridized carbons (Fsp3) is 0.357. The van der Waals surface area contributed by atoms with Gasteiger partial charge in [0.05, 0.1) is 5.69 Å². The quantitative estimate of drug-likeness (QED) is 0.344. The number of anilines is 2. The largest absolute Gasteiger partial charge is 0.454 e. The van der Waals surface area contributed by atoms with Gasteiger partial charge < -0.3 is 9.32 Å². The van der Waals surface area contributed by atoms with Crippen LogP contribution in [0.3, 0.4) is 0 Å². The molecule has 0 bridgehead atoms. The minimum Gasteiger partial charge on any atom is -0.454 e. The highest BCUT2D eigenvalue weighted by atomic mass is 16.3. The molecule has 0 saturated heterocycles. The lowest BCUT2D eigenvalue weighted by molar-refractivity contribution is 0.486. The zero-order valence-electron chi connectivity index (χ0n) is 19.5. The number of fused-ring (bicyclic) bond motifs is 3. The molecular weight excluding hydrogens is 366 g/mol. The van der Waals surface area contributed by atoms with Crippen LogP contribution in [0.15, 0.2) is 65.1 Å². The van der Waals surface area contributed by atoms with Crippen molar-refractivity contribution in [2.24, 2.45) is 0 Å². The summed E-state index contributed by atoms with van der Waals surface area (Å²) in [5.41, 5.74) is 6.72. The average molecular weight is 399 g/mol. The van der Waals surface area contributed by atoms with Crippen LogP contribution in [0.25, 0.3) is 21.9 Å². The predicted octanol–water partition coefficient (Wildman–Crippen LogP) is 8.31. The number of hydrogen-bond donors (Lipinski definition) is 0. The maximum absolute atomic E-state index is 8.26. The fourth-order valence-corrected chi connectivity index (χ4v) is 5.13. The molecule has 0 atom stereocenters. The SMILES string of the molecule is [2H]C(C)(C)c1ccc(N(C)c2cccc3c2oc2c(C4(C)CCCC4)cccc23)cc1. The normalized spacial score (nSPS) is 16.9. The van der Waals surface area contributed by atoms with E-state index in [1.165, 1.54) is 42.0 Å². The molecule has 2 nitrogen and oxygen atoms in total. The van der Waals surface area contributed by atoms with Crippen molar-refractivity contribution >= 4 is 33.3 Å². The first-order valence-corrected chi connectivity index (χ1v) is 11.1. The minimum atomic E-state index is -0.595. The van der Waals surface area contributed by atoms with Crippen molar-refractivity contribution in [3.8, 4) is 0 Å². The zero-order chi connectivity index (χ0) is 21.8. The van der Waals surface area contributed by atoms with Gasteiger partial charge in [0, 0.05) is 30.4 Å². The minimum absolute atomic E-state index is 0.207. The van der Waals surface area contributed by atoms with Crippen LogP contribution in [-0.4, -0.2) is 7.05 Å². The molecule has 1 aromatic heterocycles. The van der Waals surface area contributed by atoms with E-state index >= 15 is 0 Å². The van der Waals surface area contributed by atoms with Crippen molar-refractivity contribution in [3.05, 3.63) is 71.8 Å². The van der Waals surface area contributed by atoms with Gasteiger partial charge >= 0.3 is 0 Å². The summed E-state index contributed by atoms with van der Waals surface area (Å²) in [5.74, 6) is -0.595. The van der Waals surface area contributed by atoms with E-state index in [0.717, 1.165) is 28.1 Å². The smallest absolute Gasteiger partial charge is 0.159 e. The summed E-state index contributed by atoms with van der Waals surface area (Å²) in [5, 5.41) is 2.38. The van der Waals surface area contributed by atoms with Crippen molar-refractivity contribution in [1.29, 1.82) is 0 Å². The predicted molar refractivity (Wildman–Crippen MR) is 128 cm³/mol. The van der Waals surface area contributed by atoms with Crippen molar-refractivity contribution in [1.82, 2.24) is 0 Å². The Kier molecular flexibility index (Phi) is 4.33. The molecule has 1 fully saturated rings. The molecule has 4 aromatic rings. The molecule has 0 aliphatic heterocycles. The van der Waals surface area contributed by atoms with Crippen LogP contribution in [0.4, 0.5) is 11.4 Å². The molecule has 154 valence electrons. The van der Waals surface area contributed by atoms with Crippen LogP contribution in [0.1, 0.15) is 64.8 Å². The van der Waals surface area contributed by atoms with Gasteiger partial charge in [-0.25, -0.2) is 0 Å². The van der Waals surface area contributed by atoms with Gasteiger partial charge in [0.25, 0.3) is 0 Å². The Labute approximate surface area is 180 Å². The first-order chi connectivity index (χ1) is 14.8. The summed E-state index contributed by atoms with van der Waals surface area (Å²) < 4.78 is 14.9. The molecule has 2 heteroatoms. The van der Waals surface area contributed by atoms with E-state index in [-0.39, 0.29) is 5.41 Å². The van der Waals surface area contributed by atoms with Crippen LogP contribution in [-0.2, 0) is 5.41 Å². The number of benzene rings is 3. The molecule has 5 rings (SSSR count). The van der Waals surface area contributed by atoms with Gasteiger partial charge in [0.15, 0.2) is 5.58 Å². The fourth-order valence-electron chi connectivity index (χ4n) is 5.13. The van der Waals surface area contributed by atoms with Crippen LogP contribution in [0.2, 0.25) is 0 Å². The molecule has 3 aromatic carbocycles. The number of para-hydroxylation sites is 2. The summed E-state index contributed by atoms with van der Waals surface area (Å²) in [6.45, 7) is 6.23. The molecule has 30 heavy (non-hydrogen) atoms. The Morgan fingerprint density at radius 1 is 0.900 bits per heavy atom. The highest BCUT2D eigenvalue weighted by Crippen LogP contribution is 2.46. The summed E-state index contributed by atoms with van der Waals surface area (Å²) in [6, 6.07) is 21.4. The van der Waals surface area contributed by atoms with E-state index in [1.807, 2.05) is 13.8 Å². The van der Waals surface area contributed by atoms with Crippen molar-refractivity contribution < 1.29 is 5.79 Å². The second-order valence-corrected chi connectivity index (χ2v) is 9.31. The molecule has 0 spiro atoms. The van der Waals surface area contributed by atoms with Gasteiger partial charge in [0.1, 0.15) is 5.58 Å². The van der Waals surface area contributed by atoms with E-state index in [0.29, 0.717) is 0 Å². The van der Waals surface area contributed by atoms with Gasteiger partial charge in [-0.1, -0.05) is 76.1 Å². The maximum atomic E-state index is 8.26. The van der Waals surface area contributed by atoms with Crippen molar-refractivity contribution in [3.63, 3.8) is 0 Å². The summed E-state index contributed by atoms with van der Waals surface area (Å²) in [6.07, 6.45) is 5.06. The standard InChI is InChI=1S/C28H31NO/c1-19(2)20-13-15-21(16-14-20)29(4)25-12-8-10-23-22-9-7-11-24(26(22)30-27(23)25)28(3)17-5-6-18-28/h7-16,19H,5-6,17-18H2,1-4H3/i19D. The third-order valence-corrected chi connectivity index (χ3v) is 7.05. The molecule has 1 aliphatic rings. The summed E-state index contributed by atoms with van der Waals surface area (Å²) in [7, 11) is 2.09. The van der Waals surface area contributed by atoms with Gasteiger partial charge in [-0.3, -0.25) is 0 Å². The molecule has 0 N–H and O–H groups in total. The number of furan rings is 1. The molecule has 1 saturated carbocycles. The van der Waals surface area contributed by atoms with Gasteiger partial charge in [-0.15, -0.1) is 0 Å². The Morgan fingerprint density at radius 2 is 1.53 bits per heavy atom. The van der Waals surface area contributed by atoms with Crippen LogP contribution in [0.5, 0.6) is 0 Å². The Balaban J connectivity index is 1.63. The molecule has 0 unspecified atom stereocenters. The summed E-state index contributed by atoms with van der Waals surface area (Å²) in [4.78, 5) is 2.18. The average Bonchev–Trinajstić information content (AvgIpc) is 3.36. The Hall–Kier alpha value is -2.74. The molecule has 1 aliphatic carbocycles. The highest BCUT2D eigenvalue weighted by molar-refractivity contribution is 6.10. The molecule has 0 amide bonds. The van der Waals surface area contributed by atoms with Crippen LogP contribution < -0.4 is 4.90 Å². The van der Waals surface area contributed by atoms with E-state index in [9.17, 15) is 0 Å². The van der Waals surface area contributed by atoms with E-state index < -0.39 is 5.89 Å². The molecule has 1 heterocycles. The third kappa shape index (κ3) is 3.01. The monoisotopic (exact) mass is 398 g/mol. The van der Waals surface area contributed by atoms with Gasteiger partial charge in [0.2, 0.25) is 0 Å². The molecule has 0 radical (unpaired) electrons.